The Hall–Kier alpha value is -2.07. The van der Waals surface area contributed by atoms with Gasteiger partial charge in [-0.2, -0.15) is 0 Å². The second kappa shape index (κ2) is 8.22. The van der Waals surface area contributed by atoms with Crippen molar-refractivity contribution in [2.24, 2.45) is 17.3 Å². The van der Waals surface area contributed by atoms with Crippen LogP contribution in [0.1, 0.15) is 65.0 Å². The van der Waals surface area contributed by atoms with Crippen molar-refractivity contribution in [2.45, 2.75) is 65.5 Å². The smallest absolute Gasteiger partial charge is 0.309 e. The minimum atomic E-state index is -0.684. The number of rotatable bonds is 5. The van der Waals surface area contributed by atoms with Gasteiger partial charge in [0.2, 0.25) is 0 Å². The van der Waals surface area contributed by atoms with Crippen LogP contribution in [-0.2, 0) is 4.79 Å². The van der Waals surface area contributed by atoms with Gasteiger partial charge in [0.05, 0.1) is 12.0 Å². The number of hydrogen-bond donors (Lipinski definition) is 1. The average Bonchev–Trinajstić information content (AvgIpc) is 2.65. The molecule has 0 spiro atoms. The van der Waals surface area contributed by atoms with E-state index in [1.54, 1.807) is 0 Å². The molecule has 1 aliphatic carbocycles. The monoisotopic (exact) mass is 409 g/mol. The Kier molecular flexibility index (Phi) is 5.80. The molecule has 1 saturated heterocycles. The second-order valence-corrected chi connectivity index (χ2v) is 10.4. The van der Waals surface area contributed by atoms with Crippen LogP contribution in [0.3, 0.4) is 0 Å². The van der Waals surface area contributed by atoms with Crippen LogP contribution < -0.4 is 4.74 Å². The van der Waals surface area contributed by atoms with Crippen molar-refractivity contribution in [3.8, 4) is 5.75 Å². The fourth-order valence-corrected chi connectivity index (χ4v) is 5.01. The van der Waals surface area contributed by atoms with Gasteiger partial charge in [0, 0.05) is 19.1 Å². The molecule has 4 heteroatoms. The molecule has 1 unspecified atom stereocenters. The van der Waals surface area contributed by atoms with Crippen molar-refractivity contribution in [3.05, 3.63) is 42.0 Å². The van der Waals surface area contributed by atoms with E-state index in [0.717, 1.165) is 24.5 Å². The standard InChI is InChI=1S/C26H35NO3/c1-17(27-15-21(16-27)25(28)29)18-5-6-20-14-24(10-7-19(20)13-18)30-23-11-8-22(9-12-23)26(2,3)4/h5-7,10,13-14,17,21-23H,8-9,11-12,15-16H2,1-4H3,(H,28,29). The van der Waals surface area contributed by atoms with Crippen LogP contribution in [0.4, 0.5) is 0 Å². The molecule has 4 rings (SSSR count). The number of carbonyl (C=O) groups is 1. The van der Waals surface area contributed by atoms with Gasteiger partial charge in [0.15, 0.2) is 0 Å². The fourth-order valence-electron chi connectivity index (χ4n) is 5.01. The Morgan fingerprint density at radius 2 is 1.67 bits per heavy atom. The van der Waals surface area contributed by atoms with Crippen molar-refractivity contribution in [3.63, 3.8) is 0 Å². The van der Waals surface area contributed by atoms with Crippen LogP contribution in [0.5, 0.6) is 5.75 Å². The SMILES string of the molecule is CC(c1ccc2cc(OC3CCC(C(C)(C)C)CC3)ccc2c1)N1CC(C(=O)O)C1. The van der Waals surface area contributed by atoms with E-state index in [0.29, 0.717) is 24.6 Å². The van der Waals surface area contributed by atoms with Gasteiger partial charge in [-0.1, -0.05) is 39.0 Å². The molecule has 1 aliphatic heterocycles. The molecular weight excluding hydrogens is 374 g/mol. The quantitative estimate of drug-likeness (QED) is 0.668. The van der Waals surface area contributed by atoms with Crippen molar-refractivity contribution in [2.75, 3.05) is 13.1 Å². The highest BCUT2D eigenvalue weighted by atomic mass is 16.5. The predicted molar refractivity (Wildman–Crippen MR) is 121 cm³/mol. The highest BCUT2D eigenvalue weighted by molar-refractivity contribution is 5.84. The van der Waals surface area contributed by atoms with Gasteiger partial charge in [0.25, 0.3) is 0 Å². The molecule has 0 amide bonds. The maximum Gasteiger partial charge on any atom is 0.309 e. The first-order chi connectivity index (χ1) is 14.2. The third-order valence-electron chi connectivity index (χ3n) is 7.33. The highest BCUT2D eigenvalue weighted by Crippen LogP contribution is 2.39. The first-order valence-electron chi connectivity index (χ1n) is 11.4. The molecule has 2 aromatic rings. The summed E-state index contributed by atoms with van der Waals surface area (Å²) in [4.78, 5) is 13.3. The maximum atomic E-state index is 11.1. The number of ether oxygens (including phenoxy) is 1. The van der Waals surface area contributed by atoms with E-state index in [4.69, 9.17) is 9.84 Å². The largest absolute Gasteiger partial charge is 0.490 e. The molecule has 2 fully saturated rings. The first kappa shape index (κ1) is 21.2. The third kappa shape index (κ3) is 4.49. The van der Waals surface area contributed by atoms with Gasteiger partial charge in [0.1, 0.15) is 5.75 Å². The van der Waals surface area contributed by atoms with Gasteiger partial charge >= 0.3 is 5.97 Å². The van der Waals surface area contributed by atoms with Crippen LogP contribution in [0.2, 0.25) is 0 Å². The molecule has 4 nitrogen and oxygen atoms in total. The van der Waals surface area contributed by atoms with E-state index >= 15 is 0 Å². The molecule has 30 heavy (non-hydrogen) atoms. The molecule has 1 heterocycles. The van der Waals surface area contributed by atoms with E-state index in [-0.39, 0.29) is 12.0 Å². The summed E-state index contributed by atoms with van der Waals surface area (Å²) in [6.07, 6.45) is 5.12. The zero-order chi connectivity index (χ0) is 21.5. The Balaban J connectivity index is 1.38. The van der Waals surface area contributed by atoms with E-state index in [1.165, 1.54) is 29.2 Å². The van der Waals surface area contributed by atoms with Crippen molar-refractivity contribution in [1.82, 2.24) is 4.90 Å². The number of hydrogen-bond acceptors (Lipinski definition) is 3. The number of nitrogens with zero attached hydrogens (tertiary/aromatic N) is 1. The molecule has 1 saturated carbocycles. The van der Waals surface area contributed by atoms with Gasteiger partial charge < -0.3 is 9.84 Å². The summed E-state index contributed by atoms with van der Waals surface area (Å²) in [7, 11) is 0. The summed E-state index contributed by atoms with van der Waals surface area (Å²) in [6, 6.07) is 13.2. The molecule has 1 atom stereocenters. The minimum Gasteiger partial charge on any atom is -0.490 e. The molecule has 2 aliphatic rings. The summed E-state index contributed by atoms with van der Waals surface area (Å²) in [5, 5.41) is 11.5. The Labute approximate surface area is 180 Å². The molecule has 0 radical (unpaired) electrons. The van der Waals surface area contributed by atoms with Gasteiger partial charge in [-0.25, -0.2) is 0 Å². The van der Waals surface area contributed by atoms with E-state index in [9.17, 15) is 4.79 Å². The zero-order valence-electron chi connectivity index (χ0n) is 18.7. The van der Waals surface area contributed by atoms with Crippen LogP contribution in [0.25, 0.3) is 10.8 Å². The number of benzene rings is 2. The van der Waals surface area contributed by atoms with Gasteiger partial charge in [-0.15, -0.1) is 0 Å². The zero-order valence-corrected chi connectivity index (χ0v) is 18.7. The lowest BCUT2D eigenvalue weighted by molar-refractivity contribution is -0.148. The normalized spacial score (nSPS) is 24.4. The highest BCUT2D eigenvalue weighted by Gasteiger charge is 2.35. The molecule has 0 bridgehead atoms. The molecule has 162 valence electrons. The maximum absolute atomic E-state index is 11.1. The lowest BCUT2D eigenvalue weighted by Crippen LogP contribution is -2.51. The van der Waals surface area contributed by atoms with Crippen LogP contribution in [-0.4, -0.2) is 35.2 Å². The summed E-state index contributed by atoms with van der Waals surface area (Å²) < 4.78 is 6.34. The van der Waals surface area contributed by atoms with Crippen molar-refractivity contribution < 1.29 is 14.6 Å². The first-order valence-corrected chi connectivity index (χ1v) is 11.4. The summed E-state index contributed by atoms with van der Waals surface area (Å²) in [5.41, 5.74) is 1.63. The lowest BCUT2D eigenvalue weighted by Gasteiger charge is -2.41. The average molecular weight is 410 g/mol. The Morgan fingerprint density at radius 3 is 2.30 bits per heavy atom. The van der Waals surface area contributed by atoms with Crippen LogP contribution >= 0.6 is 0 Å². The fraction of sp³-hybridized carbons (Fsp3) is 0.577. The second-order valence-electron chi connectivity index (χ2n) is 10.4. The molecule has 0 aromatic heterocycles. The van der Waals surface area contributed by atoms with Crippen molar-refractivity contribution >= 4 is 16.7 Å². The van der Waals surface area contributed by atoms with Crippen LogP contribution in [0.15, 0.2) is 36.4 Å². The Morgan fingerprint density at radius 1 is 1.03 bits per heavy atom. The van der Waals surface area contributed by atoms with Crippen molar-refractivity contribution in [1.29, 1.82) is 0 Å². The lowest BCUT2D eigenvalue weighted by atomic mass is 9.72. The molecule has 1 N–H and O–H groups in total. The van der Waals surface area contributed by atoms with Gasteiger partial charge in [-0.3, -0.25) is 9.69 Å². The minimum absolute atomic E-state index is 0.217. The number of aliphatic carboxylic acids is 1. The number of fused-ring (bicyclic) bond motifs is 1. The number of carboxylic acids is 1. The summed E-state index contributed by atoms with van der Waals surface area (Å²) in [6.45, 7) is 10.5. The topological polar surface area (TPSA) is 49.8 Å². The van der Waals surface area contributed by atoms with E-state index in [2.05, 4.69) is 69.0 Å². The summed E-state index contributed by atoms with van der Waals surface area (Å²) >= 11 is 0. The molecule has 2 aromatic carbocycles. The number of carboxylic acid groups (broad SMARTS) is 1. The van der Waals surface area contributed by atoms with E-state index < -0.39 is 5.97 Å². The Bertz CT molecular complexity index is 902. The van der Waals surface area contributed by atoms with Gasteiger partial charge in [-0.05, 0) is 78.5 Å². The van der Waals surface area contributed by atoms with Crippen LogP contribution in [0, 0.1) is 17.3 Å². The molecular formula is C26H35NO3. The predicted octanol–water partition coefficient (Wildman–Crippen LogP) is 5.90. The van der Waals surface area contributed by atoms with E-state index in [1.807, 2.05) is 0 Å². The third-order valence-corrected chi connectivity index (χ3v) is 7.33. The number of likely N-dealkylation sites (tertiary alicyclic amines) is 1. The summed E-state index contributed by atoms with van der Waals surface area (Å²) in [5.74, 6) is 0.864.